The summed E-state index contributed by atoms with van der Waals surface area (Å²) in [6, 6.07) is 22.7. The number of aryl methyl sites for hydroxylation is 2. The maximum Gasteiger partial charge on any atom is 0.0716 e. The van der Waals surface area contributed by atoms with Crippen molar-refractivity contribution in [1.29, 1.82) is 0 Å². The maximum atomic E-state index is 2.38. The molecule has 1 unspecified atom stereocenters. The van der Waals surface area contributed by atoms with Gasteiger partial charge in [0.1, 0.15) is 0 Å². The van der Waals surface area contributed by atoms with E-state index < -0.39 is 0 Å². The van der Waals surface area contributed by atoms with Gasteiger partial charge in [-0.25, -0.2) is 0 Å². The lowest BCUT2D eigenvalue weighted by Gasteiger charge is -2.21. The van der Waals surface area contributed by atoms with Crippen LogP contribution in [0.25, 0.3) is 12.2 Å². The first-order chi connectivity index (χ1) is 17.7. The molecule has 1 atom stereocenters. The first-order valence-electron chi connectivity index (χ1n) is 13.7. The number of hydrogen-bond donors (Lipinski definition) is 0. The number of thioether (sulfide) groups is 1. The molecule has 0 nitrogen and oxygen atoms in total. The largest absolute Gasteiger partial charge is 0.147 e. The molecule has 1 aliphatic heterocycles. The summed E-state index contributed by atoms with van der Waals surface area (Å²) in [6.07, 6.45) is 24.2. The summed E-state index contributed by atoms with van der Waals surface area (Å²) < 4.78 is -0.145. The van der Waals surface area contributed by atoms with Crippen LogP contribution in [0.3, 0.4) is 0 Å². The molecular formula is C34H40S2. The number of hydrogen-bond acceptors (Lipinski definition) is 2. The van der Waals surface area contributed by atoms with Gasteiger partial charge in [-0.3, -0.25) is 0 Å². The number of thiophene rings is 1. The Kier molecular flexibility index (Phi) is 10.3. The van der Waals surface area contributed by atoms with Gasteiger partial charge in [0, 0.05) is 4.88 Å². The van der Waals surface area contributed by atoms with Crippen molar-refractivity contribution in [3.05, 3.63) is 117 Å². The fourth-order valence-corrected chi connectivity index (χ4v) is 6.83. The molecule has 0 amide bonds. The Bertz CT molecular complexity index is 1050. The van der Waals surface area contributed by atoms with Gasteiger partial charge in [0.05, 0.1) is 10.00 Å². The summed E-state index contributed by atoms with van der Waals surface area (Å²) in [6.45, 7) is 4.53. The Hall–Kier alpha value is -2.29. The summed E-state index contributed by atoms with van der Waals surface area (Å²) in [5.74, 6) is 0. The van der Waals surface area contributed by atoms with E-state index in [0.717, 1.165) is 0 Å². The van der Waals surface area contributed by atoms with Crippen LogP contribution in [-0.2, 0) is 12.8 Å². The molecule has 0 radical (unpaired) electrons. The van der Waals surface area contributed by atoms with Gasteiger partial charge in [-0.05, 0) is 59.4 Å². The SMILES string of the molecule is CCCCCc1ccc(/C=C/C2(/C=C/c3ccc(CCCCC)cc3)C=CC(c3cccs3)S2)cc1. The molecule has 2 heteroatoms. The van der Waals surface area contributed by atoms with E-state index in [-0.39, 0.29) is 4.75 Å². The fraction of sp³-hybridized carbons (Fsp3) is 0.353. The third-order valence-corrected chi connectivity index (χ3v) is 9.44. The van der Waals surface area contributed by atoms with Crippen molar-refractivity contribution in [2.45, 2.75) is 75.2 Å². The Morgan fingerprint density at radius 1 is 0.722 bits per heavy atom. The molecule has 0 saturated carbocycles. The Morgan fingerprint density at radius 2 is 1.28 bits per heavy atom. The van der Waals surface area contributed by atoms with E-state index in [1.807, 2.05) is 23.1 Å². The lowest BCUT2D eigenvalue weighted by molar-refractivity contribution is 0.717. The first-order valence-corrected chi connectivity index (χ1v) is 15.4. The highest BCUT2D eigenvalue weighted by Crippen LogP contribution is 2.49. The van der Waals surface area contributed by atoms with Gasteiger partial charge in [-0.1, -0.05) is 131 Å². The van der Waals surface area contributed by atoms with Gasteiger partial charge < -0.3 is 0 Å². The van der Waals surface area contributed by atoms with Crippen molar-refractivity contribution in [2.24, 2.45) is 0 Å². The molecule has 0 fully saturated rings. The first kappa shape index (κ1) is 26.8. The van der Waals surface area contributed by atoms with E-state index in [9.17, 15) is 0 Å². The van der Waals surface area contributed by atoms with Crippen LogP contribution < -0.4 is 0 Å². The van der Waals surface area contributed by atoms with Crippen molar-refractivity contribution < 1.29 is 0 Å². The maximum absolute atomic E-state index is 2.38. The highest BCUT2D eigenvalue weighted by Gasteiger charge is 2.32. The second-order valence-electron chi connectivity index (χ2n) is 9.83. The second kappa shape index (κ2) is 13.9. The predicted octanol–water partition coefficient (Wildman–Crippen LogP) is 10.7. The van der Waals surface area contributed by atoms with Crippen molar-refractivity contribution in [1.82, 2.24) is 0 Å². The minimum Gasteiger partial charge on any atom is -0.147 e. The third-order valence-electron chi connectivity index (χ3n) is 6.86. The molecular weight excluding hydrogens is 473 g/mol. The van der Waals surface area contributed by atoms with Crippen molar-refractivity contribution in [3.8, 4) is 0 Å². The monoisotopic (exact) mass is 512 g/mol. The summed E-state index contributed by atoms with van der Waals surface area (Å²) in [4.78, 5) is 1.42. The van der Waals surface area contributed by atoms with E-state index in [4.69, 9.17) is 0 Å². The highest BCUT2D eigenvalue weighted by molar-refractivity contribution is 8.02. The van der Waals surface area contributed by atoms with Crippen LogP contribution in [0.2, 0.25) is 0 Å². The van der Waals surface area contributed by atoms with E-state index in [1.54, 1.807) is 0 Å². The predicted molar refractivity (Wildman–Crippen MR) is 164 cm³/mol. The van der Waals surface area contributed by atoms with E-state index in [1.165, 1.54) is 78.5 Å². The van der Waals surface area contributed by atoms with E-state index in [0.29, 0.717) is 5.25 Å². The van der Waals surface area contributed by atoms with E-state index in [2.05, 4.69) is 116 Å². The molecule has 3 aromatic rings. The van der Waals surface area contributed by atoms with Gasteiger partial charge in [-0.2, -0.15) is 0 Å². The summed E-state index contributed by atoms with van der Waals surface area (Å²) >= 11 is 3.86. The number of benzene rings is 2. The molecule has 1 aromatic heterocycles. The van der Waals surface area contributed by atoms with Gasteiger partial charge in [-0.15, -0.1) is 23.1 Å². The molecule has 0 N–H and O–H groups in total. The normalized spacial score (nSPS) is 17.0. The molecule has 2 aromatic carbocycles. The lowest BCUT2D eigenvalue weighted by Crippen LogP contribution is -2.12. The van der Waals surface area contributed by atoms with Crippen LogP contribution in [0, 0.1) is 0 Å². The van der Waals surface area contributed by atoms with Gasteiger partial charge in [0.2, 0.25) is 0 Å². The Morgan fingerprint density at radius 3 is 1.75 bits per heavy atom. The van der Waals surface area contributed by atoms with Crippen LogP contribution in [0.4, 0.5) is 0 Å². The minimum atomic E-state index is -0.145. The molecule has 0 spiro atoms. The Balaban J connectivity index is 1.48. The minimum absolute atomic E-state index is 0.145. The van der Waals surface area contributed by atoms with Crippen LogP contribution in [0.1, 0.15) is 84.8 Å². The highest BCUT2D eigenvalue weighted by atomic mass is 32.2. The molecule has 1 aliphatic rings. The molecule has 0 bridgehead atoms. The van der Waals surface area contributed by atoms with Crippen LogP contribution in [0.15, 0.2) is 90.3 Å². The van der Waals surface area contributed by atoms with Gasteiger partial charge in [0.25, 0.3) is 0 Å². The quantitative estimate of drug-likeness (QED) is 0.162. The van der Waals surface area contributed by atoms with Crippen LogP contribution in [-0.4, -0.2) is 4.75 Å². The van der Waals surface area contributed by atoms with Crippen molar-refractivity contribution in [2.75, 3.05) is 0 Å². The number of unbranched alkanes of at least 4 members (excludes halogenated alkanes) is 4. The smallest absolute Gasteiger partial charge is 0.0716 e. The van der Waals surface area contributed by atoms with Crippen molar-refractivity contribution in [3.63, 3.8) is 0 Å². The lowest BCUT2D eigenvalue weighted by atomic mass is 10.0. The molecule has 36 heavy (non-hydrogen) atoms. The molecule has 0 aliphatic carbocycles. The van der Waals surface area contributed by atoms with Crippen LogP contribution >= 0.6 is 23.1 Å². The zero-order valence-electron chi connectivity index (χ0n) is 21.9. The summed E-state index contributed by atoms with van der Waals surface area (Å²) in [5.41, 5.74) is 5.43. The zero-order valence-corrected chi connectivity index (χ0v) is 23.5. The summed E-state index contributed by atoms with van der Waals surface area (Å²) in [7, 11) is 0. The van der Waals surface area contributed by atoms with Crippen molar-refractivity contribution >= 4 is 35.3 Å². The second-order valence-corrected chi connectivity index (χ2v) is 12.3. The molecule has 188 valence electrons. The molecule has 4 rings (SSSR count). The fourth-order valence-electron chi connectivity index (χ4n) is 4.59. The van der Waals surface area contributed by atoms with Crippen LogP contribution in [0.5, 0.6) is 0 Å². The van der Waals surface area contributed by atoms with Gasteiger partial charge in [0.15, 0.2) is 0 Å². The number of rotatable bonds is 13. The molecule has 2 heterocycles. The topological polar surface area (TPSA) is 0 Å². The average molecular weight is 513 g/mol. The standard InChI is InChI=1S/C34H40S2/c1-3-5-7-10-28-13-17-30(18-14-28)21-24-34(26-23-33(36-34)32-12-9-27-35-32)25-22-31-19-15-29(16-20-31)11-8-6-4-2/h9,12-27,33H,3-8,10-11H2,1-2H3/b24-21+,25-22+. The Labute approximate surface area is 227 Å². The third kappa shape index (κ3) is 7.85. The van der Waals surface area contributed by atoms with Gasteiger partial charge >= 0.3 is 0 Å². The van der Waals surface area contributed by atoms with E-state index >= 15 is 0 Å². The zero-order chi connectivity index (χ0) is 25.1. The molecule has 0 saturated heterocycles. The average Bonchev–Trinajstić information content (AvgIpc) is 3.59. The summed E-state index contributed by atoms with van der Waals surface area (Å²) in [5, 5.41) is 2.58.